The summed E-state index contributed by atoms with van der Waals surface area (Å²) >= 11 is 1.63. The van der Waals surface area contributed by atoms with Crippen LogP contribution in [0.5, 0.6) is 5.75 Å². The number of nitrogens with one attached hydrogen (secondary N) is 1. The normalized spacial score (nSPS) is 10.5. The standard InChI is InChI=1S/C11H12N2OS/c1-8-3-2-4-10(14)9(8)7-15-11-5-6-12-13-11/h2-6,14H,7H2,1H3,(H,12,13). The number of nitrogens with zero attached hydrogens (tertiary/aromatic N) is 1. The lowest BCUT2D eigenvalue weighted by Crippen LogP contribution is -1.87. The Hall–Kier alpha value is -1.42. The van der Waals surface area contributed by atoms with Crippen molar-refractivity contribution in [1.82, 2.24) is 10.2 Å². The minimum Gasteiger partial charge on any atom is -0.508 e. The van der Waals surface area contributed by atoms with E-state index in [2.05, 4.69) is 10.2 Å². The molecule has 2 aromatic rings. The van der Waals surface area contributed by atoms with E-state index in [0.717, 1.165) is 21.9 Å². The lowest BCUT2D eigenvalue weighted by Gasteiger charge is -2.06. The number of aromatic nitrogens is 2. The molecule has 0 aliphatic rings. The van der Waals surface area contributed by atoms with Gasteiger partial charge in [-0.15, -0.1) is 11.8 Å². The Kier molecular flexibility index (Phi) is 2.97. The van der Waals surface area contributed by atoms with Gasteiger partial charge in [-0.05, 0) is 24.6 Å². The topological polar surface area (TPSA) is 48.9 Å². The zero-order valence-electron chi connectivity index (χ0n) is 8.40. The first kappa shape index (κ1) is 10.1. The van der Waals surface area contributed by atoms with Gasteiger partial charge >= 0.3 is 0 Å². The van der Waals surface area contributed by atoms with Crippen LogP contribution in [0, 0.1) is 6.92 Å². The maximum absolute atomic E-state index is 9.68. The number of benzene rings is 1. The zero-order chi connectivity index (χ0) is 10.7. The molecule has 0 amide bonds. The number of thioether (sulfide) groups is 1. The molecule has 0 atom stereocenters. The summed E-state index contributed by atoms with van der Waals surface area (Å²) in [4.78, 5) is 0. The van der Waals surface area contributed by atoms with E-state index in [1.165, 1.54) is 0 Å². The van der Waals surface area contributed by atoms with Gasteiger partial charge in [-0.2, -0.15) is 5.10 Å². The van der Waals surface area contributed by atoms with Gasteiger partial charge < -0.3 is 5.11 Å². The van der Waals surface area contributed by atoms with Crippen LogP contribution >= 0.6 is 11.8 Å². The van der Waals surface area contributed by atoms with Crippen molar-refractivity contribution in [1.29, 1.82) is 0 Å². The molecular formula is C11H12N2OS. The minimum absolute atomic E-state index is 0.363. The molecule has 0 saturated heterocycles. The Morgan fingerprint density at radius 2 is 2.27 bits per heavy atom. The number of phenols is 1. The number of rotatable bonds is 3. The molecular weight excluding hydrogens is 208 g/mol. The lowest BCUT2D eigenvalue weighted by molar-refractivity contribution is 0.470. The summed E-state index contributed by atoms with van der Waals surface area (Å²) in [5.41, 5.74) is 2.10. The molecule has 78 valence electrons. The van der Waals surface area contributed by atoms with Crippen LogP contribution in [0.15, 0.2) is 35.5 Å². The van der Waals surface area contributed by atoms with E-state index in [1.807, 2.05) is 25.1 Å². The molecule has 0 aliphatic heterocycles. The van der Waals surface area contributed by atoms with Gasteiger partial charge in [-0.25, -0.2) is 0 Å². The molecule has 0 spiro atoms. The quantitative estimate of drug-likeness (QED) is 0.782. The number of hydrogen-bond acceptors (Lipinski definition) is 3. The Morgan fingerprint density at radius 1 is 1.40 bits per heavy atom. The van der Waals surface area contributed by atoms with Crippen molar-refractivity contribution >= 4 is 11.8 Å². The third-order valence-corrected chi connectivity index (χ3v) is 3.20. The van der Waals surface area contributed by atoms with Gasteiger partial charge in [0, 0.05) is 17.5 Å². The van der Waals surface area contributed by atoms with E-state index in [4.69, 9.17) is 0 Å². The fraction of sp³-hybridized carbons (Fsp3) is 0.182. The number of phenolic OH excluding ortho intramolecular Hbond substituents is 1. The molecule has 1 aromatic carbocycles. The van der Waals surface area contributed by atoms with E-state index in [9.17, 15) is 5.11 Å². The predicted molar refractivity (Wildman–Crippen MR) is 61.0 cm³/mol. The number of aromatic hydroxyl groups is 1. The fourth-order valence-corrected chi connectivity index (χ4v) is 2.30. The Bertz CT molecular complexity index is 420. The molecule has 0 aliphatic carbocycles. The van der Waals surface area contributed by atoms with Gasteiger partial charge in [0.25, 0.3) is 0 Å². The first-order valence-electron chi connectivity index (χ1n) is 4.67. The van der Waals surface area contributed by atoms with Crippen molar-refractivity contribution in [2.24, 2.45) is 0 Å². The van der Waals surface area contributed by atoms with Gasteiger partial charge in [0.2, 0.25) is 0 Å². The van der Waals surface area contributed by atoms with E-state index in [-0.39, 0.29) is 0 Å². The van der Waals surface area contributed by atoms with Crippen LogP contribution < -0.4 is 0 Å². The molecule has 3 nitrogen and oxygen atoms in total. The van der Waals surface area contributed by atoms with Crippen molar-refractivity contribution in [2.75, 3.05) is 0 Å². The average molecular weight is 220 g/mol. The SMILES string of the molecule is Cc1cccc(O)c1CSc1ccn[nH]1. The molecule has 2 rings (SSSR count). The van der Waals surface area contributed by atoms with Crippen LogP contribution in [-0.4, -0.2) is 15.3 Å². The van der Waals surface area contributed by atoms with E-state index >= 15 is 0 Å². The first-order valence-corrected chi connectivity index (χ1v) is 5.65. The van der Waals surface area contributed by atoms with Crippen molar-refractivity contribution in [3.8, 4) is 5.75 Å². The predicted octanol–water partition coefficient (Wildman–Crippen LogP) is 2.72. The highest BCUT2D eigenvalue weighted by Crippen LogP contribution is 2.28. The van der Waals surface area contributed by atoms with Crippen LogP contribution in [0.3, 0.4) is 0 Å². The van der Waals surface area contributed by atoms with E-state index in [1.54, 1.807) is 24.0 Å². The van der Waals surface area contributed by atoms with Gasteiger partial charge in [0.1, 0.15) is 5.75 Å². The monoisotopic (exact) mass is 220 g/mol. The summed E-state index contributed by atoms with van der Waals surface area (Å²) in [6.07, 6.45) is 1.72. The smallest absolute Gasteiger partial charge is 0.119 e. The molecule has 0 saturated carbocycles. The molecule has 0 fully saturated rings. The van der Waals surface area contributed by atoms with Crippen molar-refractivity contribution in [3.63, 3.8) is 0 Å². The van der Waals surface area contributed by atoms with Crippen LogP contribution in [0.2, 0.25) is 0 Å². The molecule has 1 aromatic heterocycles. The molecule has 0 radical (unpaired) electrons. The van der Waals surface area contributed by atoms with E-state index < -0.39 is 0 Å². The Labute approximate surface area is 92.5 Å². The zero-order valence-corrected chi connectivity index (χ0v) is 9.21. The van der Waals surface area contributed by atoms with Crippen LogP contribution in [0.25, 0.3) is 0 Å². The summed E-state index contributed by atoms with van der Waals surface area (Å²) in [6.45, 7) is 2.00. The van der Waals surface area contributed by atoms with Crippen molar-refractivity contribution < 1.29 is 5.11 Å². The fourth-order valence-electron chi connectivity index (χ4n) is 1.35. The molecule has 0 unspecified atom stereocenters. The van der Waals surface area contributed by atoms with E-state index in [0.29, 0.717) is 5.75 Å². The van der Waals surface area contributed by atoms with Gasteiger partial charge in [-0.1, -0.05) is 12.1 Å². The van der Waals surface area contributed by atoms with Gasteiger partial charge in [-0.3, -0.25) is 5.10 Å². The number of H-pyrrole nitrogens is 1. The second kappa shape index (κ2) is 4.40. The molecule has 1 heterocycles. The van der Waals surface area contributed by atoms with Crippen LogP contribution in [0.4, 0.5) is 0 Å². The Morgan fingerprint density at radius 3 is 2.93 bits per heavy atom. The molecule has 15 heavy (non-hydrogen) atoms. The number of aromatic amines is 1. The second-order valence-electron chi connectivity index (χ2n) is 3.28. The highest BCUT2D eigenvalue weighted by Gasteiger charge is 2.05. The van der Waals surface area contributed by atoms with Gasteiger partial charge in [0.15, 0.2) is 0 Å². The van der Waals surface area contributed by atoms with Crippen molar-refractivity contribution in [2.45, 2.75) is 17.7 Å². The third-order valence-electron chi connectivity index (χ3n) is 2.23. The summed E-state index contributed by atoms with van der Waals surface area (Å²) in [5.74, 6) is 1.11. The summed E-state index contributed by atoms with van der Waals surface area (Å²) in [6, 6.07) is 7.49. The highest BCUT2D eigenvalue weighted by molar-refractivity contribution is 7.98. The van der Waals surface area contributed by atoms with Gasteiger partial charge in [0.05, 0.1) is 5.03 Å². The average Bonchev–Trinajstić information content (AvgIpc) is 2.70. The summed E-state index contributed by atoms with van der Waals surface area (Å²) in [7, 11) is 0. The highest BCUT2D eigenvalue weighted by atomic mass is 32.2. The molecule has 0 bridgehead atoms. The maximum Gasteiger partial charge on any atom is 0.119 e. The summed E-state index contributed by atoms with van der Waals surface area (Å²) in [5, 5.41) is 17.4. The third kappa shape index (κ3) is 2.33. The second-order valence-corrected chi connectivity index (χ2v) is 4.30. The number of aryl methyl sites for hydroxylation is 1. The first-order chi connectivity index (χ1) is 7.27. The van der Waals surface area contributed by atoms with Crippen LogP contribution in [0.1, 0.15) is 11.1 Å². The molecule has 4 heteroatoms. The largest absolute Gasteiger partial charge is 0.508 e. The molecule has 2 N–H and O–H groups in total. The van der Waals surface area contributed by atoms with Crippen molar-refractivity contribution in [3.05, 3.63) is 41.6 Å². The number of hydrogen-bond donors (Lipinski definition) is 2. The Balaban J connectivity index is 2.11. The minimum atomic E-state index is 0.363. The maximum atomic E-state index is 9.68. The summed E-state index contributed by atoms with van der Waals surface area (Å²) < 4.78 is 0. The lowest BCUT2D eigenvalue weighted by atomic mass is 10.1. The van der Waals surface area contributed by atoms with Crippen LogP contribution in [-0.2, 0) is 5.75 Å².